The Hall–Kier alpha value is -1.54. The first-order valence-corrected chi connectivity index (χ1v) is 10.5. The lowest BCUT2D eigenvalue weighted by Crippen LogP contribution is -2.49. The summed E-state index contributed by atoms with van der Waals surface area (Å²) >= 11 is 7.45. The second kappa shape index (κ2) is 8.22. The van der Waals surface area contributed by atoms with E-state index in [1.54, 1.807) is 0 Å². The second-order valence-corrected chi connectivity index (χ2v) is 8.52. The van der Waals surface area contributed by atoms with E-state index in [4.69, 9.17) is 11.6 Å². The summed E-state index contributed by atoms with van der Waals surface area (Å²) in [6.45, 7) is 5.70. The molecule has 2 aliphatic rings. The van der Waals surface area contributed by atoms with Crippen molar-refractivity contribution in [2.24, 2.45) is 0 Å². The van der Waals surface area contributed by atoms with Crippen LogP contribution in [0.5, 0.6) is 0 Å². The van der Waals surface area contributed by atoms with Gasteiger partial charge in [0.25, 0.3) is 0 Å². The number of carbonyl (C=O) groups excluding carboxylic acids is 1. The molecule has 0 bridgehead atoms. The van der Waals surface area contributed by atoms with Crippen molar-refractivity contribution in [2.45, 2.75) is 11.8 Å². The van der Waals surface area contributed by atoms with Crippen LogP contribution in [0.1, 0.15) is 23.1 Å². The maximum atomic E-state index is 12.8. The van der Waals surface area contributed by atoms with Crippen LogP contribution in [0, 0.1) is 0 Å². The van der Waals surface area contributed by atoms with E-state index < -0.39 is 0 Å². The van der Waals surface area contributed by atoms with Gasteiger partial charge in [-0.1, -0.05) is 28.2 Å². The maximum absolute atomic E-state index is 12.8. The third kappa shape index (κ3) is 4.32. The fourth-order valence-corrected chi connectivity index (χ4v) is 4.69. The van der Waals surface area contributed by atoms with Crippen molar-refractivity contribution in [2.75, 3.05) is 52.9 Å². The lowest BCUT2D eigenvalue weighted by atomic mass is 9.87. The highest BCUT2D eigenvalue weighted by Gasteiger charge is 2.37. The molecular formula is C19H24ClN5OS. The fourth-order valence-electron chi connectivity index (χ4n) is 4.04. The van der Waals surface area contributed by atoms with Gasteiger partial charge < -0.3 is 9.80 Å². The largest absolute Gasteiger partial charge is 0.339 e. The van der Waals surface area contributed by atoms with Crippen molar-refractivity contribution in [3.8, 4) is 0 Å². The molecule has 144 valence electrons. The average molecular weight is 406 g/mol. The molecule has 0 spiro atoms. The number of piperazine rings is 1. The van der Waals surface area contributed by atoms with E-state index >= 15 is 0 Å². The molecule has 2 saturated heterocycles. The number of aromatic nitrogens is 2. The number of rotatable bonds is 4. The number of amides is 1. The van der Waals surface area contributed by atoms with Gasteiger partial charge in [-0.2, -0.15) is 0 Å². The lowest BCUT2D eigenvalue weighted by molar-refractivity contribution is -0.133. The molecule has 0 N–H and O–H groups in total. The number of carbonyl (C=O) groups is 1. The number of hydrogen-bond acceptors (Lipinski definition) is 6. The van der Waals surface area contributed by atoms with Crippen molar-refractivity contribution in [1.29, 1.82) is 0 Å². The summed E-state index contributed by atoms with van der Waals surface area (Å²) in [6, 6.07) is 8.05. The quantitative estimate of drug-likeness (QED) is 0.780. The van der Waals surface area contributed by atoms with E-state index in [1.807, 2.05) is 22.4 Å². The predicted molar refractivity (Wildman–Crippen MR) is 107 cm³/mol. The molecule has 1 aromatic carbocycles. The normalized spacial score (nSPS) is 24.4. The molecule has 6 nitrogen and oxygen atoms in total. The molecule has 0 saturated carbocycles. The highest BCUT2D eigenvalue weighted by Crippen LogP contribution is 2.39. The Morgan fingerprint density at radius 1 is 1.15 bits per heavy atom. The molecule has 8 heteroatoms. The summed E-state index contributed by atoms with van der Waals surface area (Å²) in [5, 5.41) is 7.09. The Kier molecular flexibility index (Phi) is 5.73. The zero-order chi connectivity index (χ0) is 18.8. The lowest BCUT2D eigenvalue weighted by Gasteiger charge is -2.33. The summed E-state index contributed by atoms with van der Waals surface area (Å²) in [6.07, 6.45) is 0. The van der Waals surface area contributed by atoms with Crippen LogP contribution < -0.4 is 0 Å². The van der Waals surface area contributed by atoms with Crippen LogP contribution in [0.2, 0.25) is 5.02 Å². The van der Waals surface area contributed by atoms with Crippen molar-refractivity contribution >= 4 is 29.0 Å². The summed E-state index contributed by atoms with van der Waals surface area (Å²) in [5.74, 6) is 0.784. The summed E-state index contributed by atoms with van der Waals surface area (Å²) in [4.78, 5) is 19.3. The number of likely N-dealkylation sites (tertiary alicyclic amines) is 1. The molecule has 0 radical (unpaired) electrons. The minimum absolute atomic E-state index is 0.231. The molecule has 0 aliphatic carbocycles. The summed E-state index contributed by atoms with van der Waals surface area (Å²) < 4.78 is 4.05. The highest BCUT2D eigenvalue weighted by molar-refractivity contribution is 7.03. The van der Waals surface area contributed by atoms with Gasteiger partial charge in [0.2, 0.25) is 5.91 Å². The first-order valence-electron chi connectivity index (χ1n) is 9.31. The van der Waals surface area contributed by atoms with Gasteiger partial charge in [0.15, 0.2) is 0 Å². The molecule has 2 aromatic rings. The zero-order valence-corrected chi connectivity index (χ0v) is 17.0. The highest BCUT2D eigenvalue weighted by atomic mass is 35.5. The van der Waals surface area contributed by atoms with E-state index in [0.717, 1.165) is 50.0 Å². The molecule has 2 aliphatic heterocycles. The van der Waals surface area contributed by atoms with Crippen molar-refractivity contribution in [3.63, 3.8) is 0 Å². The van der Waals surface area contributed by atoms with Crippen LogP contribution in [-0.2, 0) is 4.79 Å². The van der Waals surface area contributed by atoms with Gasteiger partial charge in [0, 0.05) is 61.5 Å². The topological polar surface area (TPSA) is 52.6 Å². The van der Waals surface area contributed by atoms with Crippen LogP contribution >= 0.6 is 23.1 Å². The number of hydrogen-bond donors (Lipinski definition) is 0. The van der Waals surface area contributed by atoms with Crippen LogP contribution in [0.25, 0.3) is 0 Å². The smallest absolute Gasteiger partial charge is 0.236 e. The molecule has 2 atom stereocenters. The molecule has 27 heavy (non-hydrogen) atoms. The molecule has 2 fully saturated rings. The second-order valence-electron chi connectivity index (χ2n) is 7.47. The molecular weight excluding hydrogens is 382 g/mol. The third-order valence-electron chi connectivity index (χ3n) is 5.67. The van der Waals surface area contributed by atoms with Gasteiger partial charge in [-0.05, 0) is 36.3 Å². The molecule has 0 unspecified atom stereocenters. The van der Waals surface area contributed by atoms with Crippen LogP contribution in [0.4, 0.5) is 0 Å². The Morgan fingerprint density at radius 3 is 2.52 bits per heavy atom. The minimum atomic E-state index is 0.231. The van der Waals surface area contributed by atoms with Crippen LogP contribution in [0.3, 0.4) is 0 Å². The number of nitrogens with zero attached hydrogens (tertiary/aromatic N) is 5. The SMILES string of the molecule is CN1CCN(C(=O)CN2C[C@H](c3ccc(Cl)cc3)[C@@H](c3csnn3)C2)CC1. The van der Waals surface area contributed by atoms with Gasteiger partial charge >= 0.3 is 0 Å². The maximum Gasteiger partial charge on any atom is 0.236 e. The monoisotopic (exact) mass is 405 g/mol. The molecule has 1 aromatic heterocycles. The molecule has 3 heterocycles. The average Bonchev–Trinajstić information content (AvgIpc) is 3.32. The first-order chi connectivity index (χ1) is 13.1. The summed E-state index contributed by atoms with van der Waals surface area (Å²) in [7, 11) is 2.10. The van der Waals surface area contributed by atoms with Gasteiger partial charge in [0.1, 0.15) is 0 Å². The summed E-state index contributed by atoms with van der Waals surface area (Å²) in [5.41, 5.74) is 2.27. The third-order valence-corrected chi connectivity index (χ3v) is 6.44. The first kappa shape index (κ1) is 18.8. The Labute approximate surface area is 168 Å². The fraction of sp³-hybridized carbons (Fsp3) is 0.526. The van der Waals surface area contributed by atoms with Crippen molar-refractivity contribution < 1.29 is 4.79 Å². The van der Waals surface area contributed by atoms with E-state index in [9.17, 15) is 4.79 Å². The number of halogens is 1. The molecule has 1 amide bonds. The van der Waals surface area contributed by atoms with Gasteiger partial charge in [0.05, 0.1) is 12.2 Å². The standard InChI is InChI=1S/C19H24ClN5OS/c1-23-6-8-25(9-7-23)19(26)12-24-10-16(14-2-4-15(20)5-3-14)17(11-24)18-13-27-22-21-18/h2-5,13,16-17H,6-12H2,1H3/t16-,17+/m1/s1. The molecule has 4 rings (SSSR count). The van der Waals surface area contributed by atoms with Crippen molar-refractivity contribution in [1.82, 2.24) is 24.3 Å². The zero-order valence-electron chi connectivity index (χ0n) is 15.4. The van der Waals surface area contributed by atoms with Gasteiger partial charge in [-0.3, -0.25) is 9.69 Å². The van der Waals surface area contributed by atoms with Crippen molar-refractivity contribution in [3.05, 3.63) is 45.9 Å². The predicted octanol–water partition coefficient (Wildman–Crippen LogP) is 2.15. The van der Waals surface area contributed by atoms with E-state index in [0.29, 0.717) is 12.5 Å². The Bertz CT molecular complexity index is 761. The minimum Gasteiger partial charge on any atom is -0.339 e. The number of benzene rings is 1. The van der Waals surface area contributed by atoms with Gasteiger partial charge in [-0.15, -0.1) is 5.10 Å². The van der Waals surface area contributed by atoms with E-state index in [-0.39, 0.29) is 11.8 Å². The Morgan fingerprint density at radius 2 is 1.85 bits per heavy atom. The van der Waals surface area contributed by atoms with Crippen LogP contribution in [-0.4, -0.2) is 83.1 Å². The number of likely N-dealkylation sites (N-methyl/N-ethyl adjacent to an activating group) is 1. The van der Waals surface area contributed by atoms with Gasteiger partial charge in [-0.25, -0.2) is 0 Å². The van der Waals surface area contributed by atoms with E-state index in [1.165, 1.54) is 17.1 Å². The van der Waals surface area contributed by atoms with E-state index in [2.05, 4.69) is 38.6 Å². The van der Waals surface area contributed by atoms with Crippen LogP contribution in [0.15, 0.2) is 29.6 Å². The Balaban J connectivity index is 1.47.